The Labute approximate surface area is 66.2 Å². The molecule has 1 rings (SSSR count). The fourth-order valence-corrected chi connectivity index (χ4v) is 0.966. The van der Waals surface area contributed by atoms with Crippen LogP contribution >= 0.6 is 0 Å². The molecule has 2 nitrogen and oxygen atoms in total. The van der Waals surface area contributed by atoms with Gasteiger partial charge in [-0.15, -0.1) is 0 Å². The van der Waals surface area contributed by atoms with Gasteiger partial charge < -0.3 is 5.11 Å². The fraction of sp³-hybridized carbons (Fsp3) is 0.444. The van der Waals surface area contributed by atoms with Crippen LogP contribution in [0.1, 0.15) is 13.8 Å². The zero-order valence-corrected chi connectivity index (χ0v) is 6.74. The molecule has 0 aromatic heterocycles. The van der Waals surface area contributed by atoms with E-state index in [0.29, 0.717) is 5.92 Å². The molecule has 0 fully saturated rings. The molecule has 0 aromatic rings. The lowest BCUT2D eigenvalue weighted by molar-refractivity contribution is -0.142. The van der Waals surface area contributed by atoms with Gasteiger partial charge in [-0.1, -0.05) is 31.2 Å². The molecule has 0 aliphatic heterocycles. The topological polar surface area (TPSA) is 37.3 Å². The number of carboxylic acids is 1. The van der Waals surface area contributed by atoms with Crippen molar-refractivity contribution in [2.75, 3.05) is 0 Å². The van der Waals surface area contributed by atoms with Crippen molar-refractivity contribution in [1.82, 2.24) is 0 Å². The summed E-state index contributed by atoms with van der Waals surface area (Å²) in [5.74, 6) is -0.431. The van der Waals surface area contributed by atoms with E-state index < -0.39 is 11.4 Å². The van der Waals surface area contributed by atoms with Crippen LogP contribution in [0.25, 0.3) is 0 Å². The van der Waals surface area contributed by atoms with Gasteiger partial charge in [0.25, 0.3) is 0 Å². The molecule has 0 saturated heterocycles. The van der Waals surface area contributed by atoms with Gasteiger partial charge in [-0.25, -0.2) is 0 Å². The Kier molecular flexibility index (Phi) is 1.85. The lowest BCUT2D eigenvalue weighted by Gasteiger charge is -2.20. The van der Waals surface area contributed by atoms with Crippen molar-refractivity contribution >= 4 is 5.97 Å². The predicted molar refractivity (Wildman–Crippen MR) is 43.2 cm³/mol. The first-order valence-corrected chi connectivity index (χ1v) is 3.67. The van der Waals surface area contributed by atoms with E-state index in [1.807, 2.05) is 19.1 Å². The molecule has 2 heteroatoms. The summed E-state index contributed by atoms with van der Waals surface area (Å²) >= 11 is 0. The number of allylic oxidation sites excluding steroid dienone is 2. The number of aliphatic carboxylic acids is 1. The average Bonchev–Trinajstić information content (AvgIpc) is 1.95. The van der Waals surface area contributed by atoms with E-state index in [1.54, 1.807) is 19.1 Å². The summed E-state index contributed by atoms with van der Waals surface area (Å²) < 4.78 is 0. The molecular formula is C9H12O2. The van der Waals surface area contributed by atoms with Crippen LogP contribution in [-0.2, 0) is 4.79 Å². The fourth-order valence-electron chi connectivity index (χ4n) is 0.966. The van der Waals surface area contributed by atoms with Gasteiger partial charge >= 0.3 is 5.97 Å². The van der Waals surface area contributed by atoms with Crippen molar-refractivity contribution in [3.63, 3.8) is 0 Å². The lowest BCUT2D eigenvalue weighted by atomic mass is 9.84. The van der Waals surface area contributed by atoms with E-state index >= 15 is 0 Å². The summed E-state index contributed by atoms with van der Waals surface area (Å²) in [5.41, 5.74) is -0.785. The van der Waals surface area contributed by atoms with Crippen molar-refractivity contribution in [3.8, 4) is 0 Å². The Hall–Kier alpha value is -1.05. The van der Waals surface area contributed by atoms with Crippen LogP contribution in [0.5, 0.6) is 0 Å². The van der Waals surface area contributed by atoms with E-state index in [2.05, 4.69) is 0 Å². The Morgan fingerprint density at radius 1 is 1.45 bits per heavy atom. The van der Waals surface area contributed by atoms with E-state index in [9.17, 15) is 4.79 Å². The summed E-state index contributed by atoms with van der Waals surface area (Å²) in [6.07, 6.45) is 7.29. The summed E-state index contributed by atoms with van der Waals surface area (Å²) in [7, 11) is 0. The van der Waals surface area contributed by atoms with Crippen molar-refractivity contribution in [2.24, 2.45) is 11.3 Å². The Bertz CT molecular complexity index is 212. The van der Waals surface area contributed by atoms with Crippen LogP contribution in [0.3, 0.4) is 0 Å². The molecule has 1 N–H and O–H groups in total. The summed E-state index contributed by atoms with van der Waals surface area (Å²) in [6, 6.07) is 0. The van der Waals surface area contributed by atoms with Gasteiger partial charge in [-0.05, 0) is 12.8 Å². The molecular weight excluding hydrogens is 140 g/mol. The largest absolute Gasteiger partial charge is 0.480 e. The number of rotatable bonds is 1. The van der Waals surface area contributed by atoms with Crippen LogP contribution in [0, 0.1) is 11.3 Å². The van der Waals surface area contributed by atoms with E-state index in [-0.39, 0.29) is 0 Å². The third-order valence-corrected chi connectivity index (χ3v) is 1.95. The molecule has 0 radical (unpaired) electrons. The predicted octanol–water partition coefficient (Wildman–Crippen LogP) is 1.84. The molecule has 1 aliphatic rings. The van der Waals surface area contributed by atoms with Crippen LogP contribution in [0.4, 0.5) is 0 Å². The molecule has 0 saturated carbocycles. The van der Waals surface area contributed by atoms with Gasteiger partial charge in [0.2, 0.25) is 0 Å². The van der Waals surface area contributed by atoms with E-state index in [4.69, 9.17) is 5.11 Å². The number of hydrogen-bond acceptors (Lipinski definition) is 1. The highest BCUT2D eigenvalue weighted by Gasteiger charge is 2.28. The van der Waals surface area contributed by atoms with Gasteiger partial charge in [0.1, 0.15) is 5.41 Å². The molecule has 0 atom stereocenters. The smallest absolute Gasteiger partial charge is 0.317 e. The zero-order valence-electron chi connectivity index (χ0n) is 6.74. The number of carboxylic acid groups (broad SMARTS) is 1. The molecule has 0 bridgehead atoms. The molecule has 0 aromatic carbocycles. The van der Waals surface area contributed by atoms with E-state index in [1.165, 1.54) is 0 Å². The van der Waals surface area contributed by atoms with E-state index in [0.717, 1.165) is 0 Å². The van der Waals surface area contributed by atoms with Gasteiger partial charge in [-0.3, -0.25) is 4.79 Å². The monoisotopic (exact) mass is 152 g/mol. The SMILES string of the molecule is CC1C=CC(C)(C(=O)O)C=C1. The highest BCUT2D eigenvalue weighted by Crippen LogP contribution is 2.26. The highest BCUT2D eigenvalue weighted by atomic mass is 16.4. The second-order valence-corrected chi connectivity index (χ2v) is 3.17. The van der Waals surface area contributed by atoms with Crippen molar-refractivity contribution in [3.05, 3.63) is 24.3 Å². The molecule has 0 heterocycles. The first-order valence-electron chi connectivity index (χ1n) is 3.67. The van der Waals surface area contributed by atoms with Crippen LogP contribution in [-0.4, -0.2) is 11.1 Å². The Balaban J connectivity index is 2.85. The quantitative estimate of drug-likeness (QED) is 0.582. The Morgan fingerprint density at radius 3 is 2.27 bits per heavy atom. The molecule has 1 aliphatic carbocycles. The maximum absolute atomic E-state index is 10.7. The maximum Gasteiger partial charge on any atom is 0.317 e. The molecule has 60 valence electrons. The van der Waals surface area contributed by atoms with Crippen LogP contribution in [0.15, 0.2) is 24.3 Å². The van der Waals surface area contributed by atoms with Gasteiger partial charge in [0.15, 0.2) is 0 Å². The van der Waals surface area contributed by atoms with Gasteiger partial charge in [-0.2, -0.15) is 0 Å². The van der Waals surface area contributed by atoms with Gasteiger partial charge in [0.05, 0.1) is 0 Å². The highest BCUT2D eigenvalue weighted by molar-refractivity contribution is 5.79. The minimum Gasteiger partial charge on any atom is -0.480 e. The summed E-state index contributed by atoms with van der Waals surface area (Å²) in [6.45, 7) is 3.71. The summed E-state index contributed by atoms with van der Waals surface area (Å²) in [4.78, 5) is 10.7. The minimum atomic E-state index is -0.795. The summed E-state index contributed by atoms with van der Waals surface area (Å²) in [5, 5.41) is 8.78. The van der Waals surface area contributed by atoms with Crippen molar-refractivity contribution in [1.29, 1.82) is 0 Å². The van der Waals surface area contributed by atoms with Gasteiger partial charge in [0, 0.05) is 0 Å². The first kappa shape index (κ1) is 8.05. The average molecular weight is 152 g/mol. The minimum absolute atomic E-state index is 0.363. The number of hydrogen-bond donors (Lipinski definition) is 1. The van der Waals surface area contributed by atoms with Crippen LogP contribution in [0.2, 0.25) is 0 Å². The standard InChI is InChI=1S/C9H12O2/c1-7-3-5-9(2,6-4-7)8(10)11/h3-7H,1-2H3,(H,10,11). The Morgan fingerprint density at radius 2 is 1.91 bits per heavy atom. The van der Waals surface area contributed by atoms with Crippen molar-refractivity contribution < 1.29 is 9.90 Å². The van der Waals surface area contributed by atoms with Crippen molar-refractivity contribution in [2.45, 2.75) is 13.8 Å². The normalized spacial score (nSPS) is 35.6. The third kappa shape index (κ3) is 1.50. The molecule has 11 heavy (non-hydrogen) atoms. The second kappa shape index (κ2) is 2.53. The molecule has 0 spiro atoms. The third-order valence-electron chi connectivity index (χ3n) is 1.95. The second-order valence-electron chi connectivity index (χ2n) is 3.17. The molecule has 0 unspecified atom stereocenters. The zero-order chi connectivity index (χ0) is 8.48. The molecule has 0 amide bonds. The first-order chi connectivity index (χ1) is 5.04. The van der Waals surface area contributed by atoms with Crippen LogP contribution < -0.4 is 0 Å². The maximum atomic E-state index is 10.7. The lowest BCUT2D eigenvalue weighted by Crippen LogP contribution is -2.24. The number of carbonyl (C=O) groups is 1.